The average Bonchev–Trinajstić information content (AvgIpc) is 2.57. The van der Waals surface area contributed by atoms with E-state index in [-0.39, 0.29) is 5.56 Å². The number of benzene rings is 2. The van der Waals surface area contributed by atoms with Gasteiger partial charge in [0.2, 0.25) is 0 Å². The molecule has 1 heterocycles. The van der Waals surface area contributed by atoms with Gasteiger partial charge in [-0.2, -0.15) is 5.26 Å². The monoisotopic (exact) mass is 290 g/mol. The smallest absolute Gasteiger partial charge is 0.258 e. The van der Waals surface area contributed by atoms with E-state index in [1.807, 2.05) is 24.3 Å². The van der Waals surface area contributed by atoms with Crippen molar-refractivity contribution in [2.24, 2.45) is 0 Å². The first-order valence-corrected chi connectivity index (χ1v) is 6.87. The van der Waals surface area contributed by atoms with Gasteiger partial charge in [-0.1, -0.05) is 12.1 Å². The molecule has 0 N–H and O–H groups in total. The SMILES string of the molecule is COc1ccc2c(=O)n(Cc3cccc(C#N)c3)ccc2c1. The molecular formula is C18H14N2O2. The minimum absolute atomic E-state index is 0.0532. The van der Waals surface area contributed by atoms with Gasteiger partial charge in [0.15, 0.2) is 0 Å². The molecule has 0 unspecified atom stereocenters. The van der Waals surface area contributed by atoms with Crippen LogP contribution in [0.2, 0.25) is 0 Å². The highest BCUT2D eigenvalue weighted by molar-refractivity contribution is 5.82. The van der Waals surface area contributed by atoms with Gasteiger partial charge in [-0.05, 0) is 47.3 Å². The summed E-state index contributed by atoms with van der Waals surface area (Å²) < 4.78 is 6.82. The summed E-state index contributed by atoms with van der Waals surface area (Å²) in [7, 11) is 1.60. The van der Waals surface area contributed by atoms with Gasteiger partial charge >= 0.3 is 0 Å². The van der Waals surface area contributed by atoms with E-state index in [0.29, 0.717) is 17.5 Å². The zero-order chi connectivity index (χ0) is 15.5. The minimum atomic E-state index is -0.0532. The van der Waals surface area contributed by atoms with E-state index in [9.17, 15) is 4.79 Å². The number of hydrogen-bond donors (Lipinski definition) is 0. The van der Waals surface area contributed by atoms with Crippen molar-refractivity contribution in [3.63, 3.8) is 0 Å². The molecule has 108 valence electrons. The molecule has 0 spiro atoms. The number of aromatic nitrogens is 1. The van der Waals surface area contributed by atoms with E-state index in [0.717, 1.165) is 16.7 Å². The first-order chi connectivity index (χ1) is 10.7. The number of rotatable bonds is 3. The number of methoxy groups -OCH3 is 1. The lowest BCUT2D eigenvalue weighted by Crippen LogP contribution is -2.20. The van der Waals surface area contributed by atoms with Crippen molar-refractivity contribution in [1.29, 1.82) is 5.26 Å². The third-order valence-corrected chi connectivity index (χ3v) is 3.59. The summed E-state index contributed by atoms with van der Waals surface area (Å²) in [6.45, 7) is 0.441. The van der Waals surface area contributed by atoms with E-state index in [2.05, 4.69) is 6.07 Å². The summed E-state index contributed by atoms with van der Waals surface area (Å²) in [5.74, 6) is 0.728. The molecule has 3 rings (SSSR count). The van der Waals surface area contributed by atoms with Gasteiger partial charge in [-0.3, -0.25) is 4.79 Å². The van der Waals surface area contributed by atoms with Crippen molar-refractivity contribution in [2.75, 3.05) is 7.11 Å². The van der Waals surface area contributed by atoms with Crippen LogP contribution in [-0.4, -0.2) is 11.7 Å². The first-order valence-electron chi connectivity index (χ1n) is 6.87. The van der Waals surface area contributed by atoms with Crippen LogP contribution in [0.1, 0.15) is 11.1 Å². The molecule has 4 heteroatoms. The Morgan fingerprint density at radius 2 is 2.05 bits per heavy atom. The zero-order valence-corrected chi connectivity index (χ0v) is 12.1. The van der Waals surface area contributed by atoms with Gasteiger partial charge in [0.05, 0.1) is 25.3 Å². The molecule has 2 aromatic carbocycles. The van der Waals surface area contributed by atoms with E-state index in [1.54, 1.807) is 42.1 Å². The van der Waals surface area contributed by atoms with E-state index >= 15 is 0 Å². The molecule has 0 radical (unpaired) electrons. The number of nitrogens with zero attached hydrogens (tertiary/aromatic N) is 2. The highest BCUT2D eigenvalue weighted by Crippen LogP contribution is 2.18. The van der Waals surface area contributed by atoms with E-state index in [1.165, 1.54) is 0 Å². The molecule has 0 aliphatic heterocycles. The summed E-state index contributed by atoms with van der Waals surface area (Å²) in [6.07, 6.45) is 1.77. The molecule has 22 heavy (non-hydrogen) atoms. The van der Waals surface area contributed by atoms with Crippen LogP contribution in [-0.2, 0) is 6.54 Å². The number of pyridine rings is 1. The van der Waals surface area contributed by atoms with E-state index < -0.39 is 0 Å². The highest BCUT2D eigenvalue weighted by Gasteiger charge is 2.05. The molecule has 0 bridgehead atoms. The van der Waals surface area contributed by atoms with Gasteiger partial charge in [0, 0.05) is 11.6 Å². The molecule has 0 saturated carbocycles. The number of fused-ring (bicyclic) bond motifs is 1. The average molecular weight is 290 g/mol. The molecule has 0 atom stereocenters. The predicted octanol–water partition coefficient (Wildman–Crippen LogP) is 2.93. The Bertz CT molecular complexity index is 936. The topological polar surface area (TPSA) is 55.0 Å². The van der Waals surface area contributed by atoms with Crippen LogP contribution in [0.15, 0.2) is 59.5 Å². The lowest BCUT2D eigenvalue weighted by atomic mass is 10.1. The van der Waals surface area contributed by atoms with Crippen molar-refractivity contribution in [1.82, 2.24) is 4.57 Å². The zero-order valence-electron chi connectivity index (χ0n) is 12.1. The van der Waals surface area contributed by atoms with Crippen molar-refractivity contribution < 1.29 is 4.74 Å². The summed E-state index contributed by atoms with van der Waals surface area (Å²) in [4.78, 5) is 12.5. The van der Waals surface area contributed by atoms with E-state index in [4.69, 9.17) is 10.00 Å². The van der Waals surface area contributed by atoms with Crippen molar-refractivity contribution >= 4 is 10.8 Å². The quantitative estimate of drug-likeness (QED) is 0.745. The molecule has 0 amide bonds. The van der Waals surface area contributed by atoms with Gasteiger partial charge in [0.25, 0.3) is 5.56 Å². The number of nitriles is 1. The molecule has 1 aromatic heterocycles. The fourth-order valence-corrected chi connectivity index (χ4v) is 2.45. The lowest BCUT2D eigenvalue weighted by molar-refractivity contribution is 0.415. The maximum absolute atomic E-state index is 12.5. The van der Waals surface area contributed by atoms with Crippen LogP contribution in [0, 0.1) is 11.3 Å². The van der Waals surface area contributed by atoms with Gasteiger partial charge in [-0.25, -0.2) is 0 Å². The Balaban J connectivity index is 2.03. The predicted molar refractivity (Wildman–Crippen MR) is 85.0 cm³/mol. The van der Waals surface area contributed by atoms with Crippen LogP contribution < -0.4 is 10.3 Å². The normalized spacial score (nSPS) is 10.4. The van der Waals surface area contributed by atoms with Crippen LogP contribution in [0.3, 0.4) is 0 Å². The van der Waals surface area contributed by atoms with Crippen LogP contribution in [0.5, 0.6) is 5.75 Å². The fraction of sp³-hybridized carbons (Fsp3) is 0.111. The Labute approximate surface area is 127 Å². The van der Waals surface area contributed by atoms with Crippen LogP contribution in [0.4, 0.5) is 0 Å². The molecular weight excluding hydrogens is 276 g/mol. The largest absolute Gasteiger partial charge is 0.497 e. The second-order valence-corrected chi connectivity index (χ2v) is 5.01. The summed E-state index contributed by atoms with van der Waals surface area (Å²) in [5, 5.41) is 10.4. The Morgan fingerprint density at radius 3 is 2.82 bits per heavy atom. The van der Waals surface area contributed by atoms with Gasteiger partial charge < -0.3 is 9.30 Å². The molecule has 0 fully saturated rings. The first kappa shape index (κ1) is 13.9. The second-order valence-electron chi connectivity index (χ2n) is 5.01. The number of ether oxygens (including phenoxy) is 1. The standard InChI is InChI=1S/C18H14N2O2/c1-22-16-5-6-17-15(10-16)7-8-20(18(17)21)12-14-4-2-3-13(9-14)11-19/h2-10H,12H2,1H3. The molecule has 0 aliphatic rings. The van der Waals surface area contributed by atoms with Crippen LogP contribution >= 0.6 is 0 Å². The Kier molecular flexibility index (Phi) is 3.63. The molecule has 4 nitrogen and oxygen atoms in total. The second kappa shape index (κ2) is 5.74. The summed E-state index contributed by atoms with van der Waals surface area (Å²) in [6, 6.07) is 16.7. The Hall–Kier alpha value is -3.06. The van der Waals surface area contributed by atoms with Gasteiger partial charge in [0.1, 0.15) is 5.75 Å². The third-order valence-electron chi connectivity index (χ3n) is 3.59. The maximum Gasteiger partial charge on any atom is 0.258 e. The molecule has 0 saturated heterocycles. The van der Waals surface area contributed by atoms with Crippen molar-refractivity contribution in [2.45, 2.75) is 6.54 Å². The highest BCUT2D eigenvalue weighted by atomic mass is 16.5. The molecule has 3 aromatic rings. The lowest BCUT2D eigenvalue weighted by Gasteiger charge is -2.08. The van der Waals surface area contributed by atoms with Crippen LogP contribution in [0.25, 0.3) is 10.8 Å². The fourth-order valence-electron chi connectivity index (χ4n) is 2.45. The Morgan fingerprint density at radius 1 is 1.18 bits per heavy atom. The van der Waals surface area contributed by atoms with Crippen molar-refractivity contribution in [3.05, 3.63) is 76.2 Å². The van der Waals surface area contributed by atoms with Crippen molar-refractivity contribution in [3.8, 4) is 11.8 Å². The maximum atomic E-state index is 12.5. The minimum Gasteiger partial charge on any atom is -0.497 e. The van der Waals surface area contributed by atoms with Gasteiger partial charge in [-0.15, -0.1) is 0 Å². The number of hydrogen-bond acceptors (Lipinski definition) is 3. The summed E-state index contributed by atoms with van der Waals surface area (Å²) >= 11 is 0. The molecule has 0 aliphatic carbocycles. The third kappa shape index (κ3) is 2.57. The summed E-state index contributed by atoms with van der Waals surface area (Å²) in [5.41, 5.74) is 1.47.